The van der Waals surface area contributed by atoms with Gasteiger partial charge in [-0.15, -0.1) is 0 Å². The average molecular weight is 720 g/mol. The molecule has 262 valence electrons. The minimum absolute atomic E-state index is 0.0851. The van der Waals surface area contributed by atoms with E-state index in [0.717, 1.165) is 60.9 Å². The number of hydrogen-bond donors (Lipinski definition) is 0. The summed E-state index contributed by atoms with van der Waals surface area (Å²) < 4.78 is 69.7. The highest BCUT2D eigenvalue weighted by Gasteiger charge is 2.19. The lowest BCUT2D eigenvalue weighted by Crippen LogP contribution is -1.98. The smallest absolute Gasteiger partial charge is 0.0645 e. The van der Waals surface area contributed by atoms with Gasteiger partial charge in [-0.1, -0.05) is 152 Å². The molecule has 0 spiro atoms. The van der Waals surface area contributed by atoms with Crippen molar-refractivity contribution in [1.82, 2.24) is 9.13 Å². The number of aromatic nitrogens is 2. The largest absolute Gasteiger partial charge is 0.309 e. The first-order chi connectivity index (χ1) is 30.7. The van der Waals surface area contributed by atoms with Gasteiger partial charge < -0.3 is 9.13 Å². The topological polar surface area (TPSA) is 9.86 Å². The Hall–Kier alpha value is -7.42. The van der Waals surface area contributed by atoms with Crippen molar-refractivity contribution in [3.63, 3.8) is 0 Å². The van der Waals surface area contributed by atoms with Crippen molar-refractivity contribution in [2.75, 3.05) is 0 Å². The summed E-state index contributed by atoms with van der Waals surface area (Å²) in [6, 6.07) is 56.4. The Bertz CT molecular complexity index is 3620. The fourth-order valence-corrected chi connectivity index (χ4v) is 8.13. The molecule has 2 heteroatoms. The first kappa shape index (κ1) is 25.6. The molecule has 0 unspecified atom stereocenters. The summed E-state index contributed by atoms with van der Waals surface area (Å²) in [5.41, 5.74) is 10.3. The zero-order valence-electron chi connectivity index (χ0n) is 37.1. The molecular weight excluding hydrogens is 677 g/mol. The van der Waals surface area contributed by atoms with E-state index in [2.05, 4.69) is 53.1 Å². The van der Waals surface area contributed by atoms with Crippen LogP contribution in [0, 0.1) is 0 Å². The standard InChI is InChI=1S/C54H36N2/c1-5-15-37(16-6-1)40-25-29-51(46(33-40)39-19-9-3-10-20-39)56-50-24-14-13-23-45(50)47-35-42(28-32-54(47)56)43-27-31-53-49(36-43)48-34-41(38-17-7-2-8-18-38)26-30-52(48)55(53)44-21-11-4-12-22-44/h1-36H/i13D,14D,23D,24D,28D,32D,35D. The highest BCUT2D eigenvalue weighted by Crippen LogP contribution is 2.41. The minimum Gasteiger partial charge on any atom is -0.309 e. The molecule has 0 aliphatic rings. The van der Waals surface area contributed by atoms with Gasteiger partial charge >= 0.3 is 0 Å². The Labute approximate surface area is 335 Å². The first-order valence-electron chi connectivity index (χ1n) is 22.2. The molecule has 0 amide bonds. The van der Waals surface area contributed by atoms with Crippen LogP contribution in [0.25, 0.3) is 99.5 Å². The van der Waals surface area contributed by atoms with E-state index in [9.17, 15) is 6.85 Å². The van der Waals surface area contributed by atoms with Crippen molar-refractivity contribution in [1.29, 1.82) is 0 Å². The van der Waals surface area contributed by atoms with Crippen LogP contribution in [0.5, 0.6) is 0 Å². The van der Waals surface area contributed by atoms with E-state index < -0.39 is 12.1 Å². The number of para-hydroxylation sites is 2. The van der Waals surface area contributed by atoms with Gasteiger partial charge in [0.2, 0.25) is 0 Å². The molecule has 2 aromatic heterocycles. The maximum Gasteiger partial charge on any atom is 0.0645 e. The van der Waals surface area contributed by atoms with Gasteiger partial charge in [-0.05, 0) is 106 Å². The SMILES string of the molecule is [2H]c1c([2H])c([2H])c2c(c1[2H])c1c([2H])c(-c3ccc4c(c3)c3cc(-c5ccccc5)ccc3n4-c3ccccc3)c([2H])c([2H])c1n2-c1ccc(-c2ccccc2)cc1-c1ccccc1. The quantitative estimate of drug-likeness (QED) is 0.162. The molecule has 11 rings (SSSR count). The molecule has 0 saturated carbocycles. The van der Waals surface area contributed by atoms with Crippen molar-refractivity contribution in [3.05, 3.63) is 218 Å². The molecule has 0 bridgehead atoms. The molecule has 2 nitrogen and oxygen atoms in total. The monoisotopic (exact) mass is 719 g/mol. The molecular formula is C54H36N2. The van der Waals surface area contributed by atoms with E-state index in [1.807, 2.05) is 127 Å². The van der Waals surface area contributed by atoms with Crippen molar-refractivity contribution < 1.29 is 9.60 Å². The molecule has 0 atom stereocenters. The maximum atomic E-state index is 10.0. The van der Waals surface area contributed by atoms with Gasteiger partial charge in [0.1, 0.15) is 0 Å². The Morgan fingerprint density at radius 1 is 0.321 bits per heavy atom. The van der Waals surface area contributed by atoms with Gasteiger partial charge in [-0.3, -0.25) is 0 Å². The molecule has 0 saturated heterocycles. The molecule has 0 aliphatic carbocycles. The van der Waals surface area contributed by atoms with Crippen LogP contribution in [-0.2, 0) is 0 Å². The van der Waals surface area contributed by atoms with Crippen molar-refractivity contribution in [2.45, 2.75) is 0 Å². The predicted octanol–water partition coefficient (Wildman–Crippen LogP) is 14.5. The molecule has 9 aromatic carbocycles. The Morgan fingerprint density at radius 2 is 0.839 bits per heavy atom. The Balaban J connectivity index is 1.22. The van der Waals surface area contributed by atoms with Crippen LogP contribution in [0.1, 0.15) is 9.60 Å². The number of rotatable bonds is 6. The fraction of sp³-hybridized carbons (Fsp3) is 0. The number of nitrogens with zero attached hydrogens (tertiary/aromatic N) is 2. The van der Waals surface area contributed by atoms with Gasteiger partial charge in [0, 0.05) is 32.8 Å². The van der Waals surface area contributed by atoms with E-state index >= 15 is 0 Å². The summed E-state index contributed by atoms with van der Waals surface area (Å²) in [6.07, 6.45) is 0. The molecule has 11 aromatic rings. The van der Waals surface area contributed by atoms with Crippen LogP contribution in [-0.4, -0.2) is 9.13 Å². The van der Waals surface area contributed by atoms with Crippen LogP contribution in [0.15, 0.2) is 218 Å². The van der Waals surface area contributed by atoms with E-state index in [-0.39, 0.29) is 57.6 Å². The highest BCUT2D eigenvalue weighted by molar-refractivity contribution is 6.13. The van der Waals surface area contributed by atoms with Crippen LogP contribution in [0.3, 0.4) is 0 Å². The third-order valence-electron chi connectivity index (χ3n) is 10.8. The second-order valence-electron chi connectivity index (χ2n) is 14.0. The van der Waals surface area contributed by atoms with E-state index in [4.69, 9.17) is 2.74 Å². The van der Waals surface area contributed by atoms with Crippen molar-refractivity contribution in [2.24, 2.45) is 0 Å². The van der Waals surface area contributed by atoms with Crippen LogP contribution in [0.4, 0.5) is 0 Å². The number of hydrogen-bond acceptors (Lipinski definition) is 0. The van der Waals surface area contributed by atoms with Crippen molar-refractivity contribution >= 4 is 43.6 Å². The third-order valence-corrected chi connectivity index (χ3v) is 10.8. The summed E-state index contributed by atoms with van der Waals surface area (Å²) in [5, 5.41) is 2.22. The second-order valence-corrected chi connectivity index (χ2v) is 14.0. The summed E-state index contributed by atoms with van der Waals surface area (Å²) in [5.74, 6) is 0. The third kappa shape index (κ3) is 5.26. The molecule has 0 aliphatic heterocycles. The number of benzene rings is 9. The van der Waals surface area contributed by atoms with E-state index in [0.29, 0.717) is 11.3 Å². The Kier molecular flexibility index (Phi) is 6.01. The average Bonchev–Trinajstić information content (AvgIpc) is 3.87. The first-order valence-corrected chi connectivity index (χ1v) is 18.7. The number of fused-ring (bicyclic) bond motifs is 6. The zero-order chi connectivity index (χ0) is 43.1. The molecule has 56 heavy (non-hydrogen) atoms. The van der Waals surface area contributed by atoms with Gasteiger partial charge in [-0.25, -0.2) is 0 Å². The molecule has 0 fully saturated rings. The van der Waals surface area contributed by atoms with Crippen molar-refractivity contribution in [3.8, 4) is 55.9 Å². The zero-order valence-corrected chi connectivity index (χ0v) is 30.1. The lowest BCUT2D eigenvalue weighted by atomic mass is 9.97. The molecule has 0 N–H and O–H groups in total. The van der Waals surface area contributed by atoms with E-state index in [1.54, 1.807) is 4.57 Å². The minimum atomic E-state index is -0.430. The normalized spacial score (nSPS) is 13.3. The van der Waals surface area contributed by atoms with Gasteiger partial charge in [-0.2, -0.15) is 0 Å². The van der Waals surface area contributed by atoms with Gasteiger partial charge in [0.25, 0.3) is 0 Å². The summed E-state index contributed by atoms with van der Waals surface area (Å²) >= 11 is 0. The maximum absolute atomic E-state index is 10.0. The Morgan fingerprint density at radius 3 is 1.48 bits per heavy atom. The highest BCUT2D eigenvalue weighted by atomic mass is 15.0. The van der Waals surface area contributed by atoms with Gasteiger partial charge in [0.05, 0.1) is 37.3 Å². The van der Waals surface area contributed by atoms with Crippen LogP contribution >= 0.6 is 0 Å². The summed E-state index contributed by atoms with van der Waals surface area (Å²) in [7, 11) is 0. The molecule has 2 heterocycles. The summed E-state index contributed by atoms with van der Waals surface area (Å²) in [6.45, 7) is 0. The van der Waals surface area contributed by atoms with Crippen LogP contribution < -0.4 is 0 Å². The van der Waals surface area contributed by atoms with Gasteiger partial charge in [0.15, 0.2) is 0 Å². The molecule has 0 radical (unpaired) electrons. The second kappa shape index (κ2) is 13.2. The predicted molar refractivity (Wildman–Crippen MR) is 237 cm³/mol. The lowest BCUT2D eigenvalue weighted by molar-refractivity contribution is 1.18. The van der Waals surface area contributed by atoms with E-state index in [1.165, 1.54) is 0 Å². The summed E-state index contributed by atoms with van der Waals surface area (Å²) in [4.78, 5) is 0. The lowest BCUT2D eigenvalue weighted by Gasteiger charge is -2.16. The van der Waals surface area contributed by atoms with Crippen LogP contribution in [0.2, 0.25) is 0 Å². The fourth-order valence-electron chi connectivity index (χ4n) is 8.13.